The summed E-state index contributed by atoms with van der Waals surface area (Å²) >= 11 is 0. The molecule has 2 amide bonds. The zero-order valence-electron chi connectivity index (χ0n) is 24.5. The zero-order chi connectivity index (χ0) is 30.7. The number of rotatable bonds is 9. The molecule has 0 saturated carbocycles. The molecular formula is C34H35N3O6. The van der Waals surface area contributed by atoms with Crippen molar-refractivity contribution in [1.29, 1.82) is 0 Å². The number of hydrogen-bond donors (Lipinski definition) is 2. The molecule has 2 heterocycles. The Hall–Kier alpha value is -5.05. The average molecular weight is 582 g/mol. The number of fused-ring (bicyclic) bond motifs is 1. The number of aromatic nitrogens is 1. The maximum absolute atomic E-state index is 14.0. The van der Waals surface area contributed by atoms with Gasteiger partial charge in [-0.15, -0.1) is 0 Å². The molecule has 0 spiro atoms. The van der Waals surface area contributed by atoms with Gasteiger partial charge >= 0.3 is 12.1 Å². The van der Waals surface area contributed by atoms with E-state index in [4.69, 9.17) is 4.74 Å². The molecule has 0 radical (unpaired) electrons. The van der Waals surface area contributed by atoms with Gasteiger partial charge in [-0.2, -0.15) is 0 Å². The van der Waals surface area contributed by atoms with Crippen LogP contribution >= 0.6 is 0 Å². The Morgan fingerprint density at radius 3 is 2.30 bits per heavy atom. The van der Waals surface area contributed by atoms with Crippen molar-refractivity contribution in [3.8, 4) is 17.0 Å². The Balaban J connectivity index is 1.44. The van der Waals surface area contributed by atoms with Gasteiger partial charge in [0.25, 0.3) is 5.91 Å². The maximum Gasteiger partial charge on any atom is 0.407 e. The van der Waals surface area contributed by atoms with E-state index in [-0.39, 0.29) is 18.0 Å². The molecule has 0 aliphatic carbocycles. The minimum atomic E-state index is -1.11. The molecule has 222 valence electrons. The smallest absolute Gasteiger partial charge is 0.407 e. The molecule has 0 unspecified atom stereocenters. The van der Waals surface area contributed by atoms with Gasteiger partial charge in [0.15, 0.2) is 0 Å². The zero-order valence-corrected chi connectivity index (χ0v) is 24.5. The molecule has 5 rings (SSSR count). The van der Waals surface area contributed by atoms with Gasteiger partial charge in [0.2, 0.25) is 0 Å². The van der Waals surface area contributed by atoms with Crippen molar-refractivity contribution in [3.05, 3.63) is 106 Å². The van der Waals surface area contributed by atoms with E-state index in [0.717, 1.165) is 28.9 Å². The monoisotopic (exact) mass is 581 g/mol. The Labute approximate surface area is 250 Å². The first-order chi connectivity index (χ1) is 20.7. The lowest BCUT2D eigenvalue weighted by Crippen LogP contribution is -2.35. The summed E-state index contributed by atoms with van der Waals surface area (Å²) in [5.41, 5.74) is 5.79. The number of carboxylic acids is 1. The van der Waals surface area contributed by atoms with Crippen molar-refractivity contribution < 1.29 is 29.3 Å². The highest BCUT2D eigenvalue weighted by Gasteiger charge is 2.27. The molecule has 9 nitrogen and oxygen atoms in total. The summed E-state index contributed by atoms with van der Waals surface area (Å²) in [5, 5.41) is 19.5. The van der Waals surface area contributed by atoms with Crippen molar-refractivity contribution in [2.45, 2.75) is 39.8 Å². The fraction of sp³-hybridized carbons (Fsp3) is 0.265. The van der Waals surface area contributed by atoms with Gasteiger partial charge in [0.05, 0.1) is 11.1 Å². The van der Waals surface area contributed by atoms with Crippen LogP contribution in [0.15, 0.2) is 72.8 Å². The third-order valence-electron chi connectivity index (χ3n) is 7.98. The van der Waals surface area contributed by atoms with Crippen LogP contribution in [0.4, 0.5) is 10.5 Å². The number of aromatic carboxylic acids is 1. The highest BCUT2D eigenvalue weighted by molar-refractivity contribution is 6.08. The molecule has 1 aromatic heterocycles. The average Bonchev–Trinajstić information content (AvgIpc) is 3.31. The Morgan fingerprint density at radius 1 is 0.930 bits per heavy atom. The van der Waals surface area contributed by atoms with Gasteiger partial charge < -0.3 is 29.3 Å². The normalized spacial score (nSPS) is 12.5. The fourth-order valence-electron chi connectivity index (χ4n) is 5.52. The number of carboxylic acid groups (broad SMARTS) is 2. The second-order valence-electron chi connectivity index (χ2n) is 10.7. The van der Waals surface area contributed by atoms with E-state index < -0.39 is 12.1 Å². The number of ether oxygens (including phenoxy) is 1. The van der Waals surface area contributed by atoms with E-state index in [9.17, 15) is 24.6 Å². The van der Waals surface area contributed by atoms with Crippen molar-refractivity contribution in [2.24, 2.45) is 7.05 Å². The Bertz CT molecular complexity index is 1660. The minimum Gasteiger partial charge on any atom is -0.489 e. The molecule has 0 atom stereocenters. The second-order valence-corrected chi connectivity index (χ2v) is 10.7. The van der Waals surface area contributed by atoms with Gasteiger partial charge in [0.1, 0.15) is 12.4 Å². The lowest BCUT2D eigenvalue weighted by Gasteiger charge is -2.27. The van der Waals surface area contributed by atoms with Crippen LogP contribution in [0.3, 0.4) is 0 Å². The van der Waals surface area contributed by atoms with E-state index >= 15 is 0 Å². The summed E-state index contributed by atoms with van der Waals surface area (Å²) in [7, 11) is 1.82. The highest BCUT2D eigenvalue weighted by Crippen LogP contribution is 2.34. The van der Waals surface area contributed by atoms with Crippen molar-refractivity contribution in [2.75, 3.05) is 18.0 Å². The molecular weight excluding hydrogens is 546 g/mol. The summed E-state index contributed by atoms with van der Waals surface area (Å²) in [6, 6.07) is 22.5. The summed E-state index contributed by atoms with van der Waals surface area (Å²) in [5.74, 6) is -0.583. The van der Waals surface area contributed by atoms with E-state index in [1.165, 1.54) is 4.90 Å². The predicted octanol–water partition coefficient (Wildman–Crippen LogP) is 6.37. The molecule has 0 fully saturated rings. The number of hydrogen-bond acceptors (Lipinski definition) is 4. The first kappa shape index (κ1) is 29.4. The molecule has 0 saturated heterocycles. The minimum absolute atomic E-state index is 0.0714. The number of carbonyl (C=O) groups is 3. The van der Waals surface area contributed by atoms with Crippen LogP contribution in [0.5, 0.6) is 5.75 Å². The highest BCUT2D eigenvalue weighted by atomic mass is 16.5. The van der Waals surface area contributed by atoms with Gasteiger partial charge in [-0.05, 0) is 78.9 Å². The lowest BCUT2D eigenvalue weighted by atomic mass is 9.92. The number of amides is 2. The molecule has 1 aliphatic heterocycles. The predicted molar refractivity (Wildman–Crippen MR) is 164 cm³/mol. The van der Waals surface area contributed by atoms with Crippen molar-refractivity contribution in [3.63, 3.8) is 0 Å². The van der Waals surface area contributed by atoms with Crippen LogP contribution in [0.25, 0.3) is 11.3 Å². The summed E-state index contributed by atoms with van der Waals surface area (Å²) in [6.45, 7) is 5.30. The first-order valence-corrected chi connectivity index (χ1v) is 14.3. The van der Waals surface area contributed by atoms with Crippen LogP contribution in [0.2, 0.25) is 0 Å². The quantitative estimate of drug-likeness (QED) is 0.238. The van der Waals surface area contributed by atoms with Gasteiger partial charge in [-0.1, -0.05) is 37.3 Å². The fourth-order valence-corrected chi connectivity index (χ4v) is 5.52. The molecule has 2 N–H and O–H groups in total. The number of benzene rings is 3. The van der Waals surface area contributed by atoms with Crippen LogP contribution in [-0.2, 0) is 26.6 Å². The standard InChI is InChI=1S/C34H35N3O6/c1-4-15-37(26-10-12-27(13-11-26)43-21-23-8-6-5-7-9-23)32(38)28-19-31(35(3)22(28)2)29-17-24-14-16-36(34(41)42)20-25(24)18-30(29)33(39)40/h5-13,17-19H,4,14-16,20-21H2,1-3H3,(H,39,40)(H,41,42). The third-order valence-corrected chi connectivity index (χ3v) is 7.98. The van der Waals surface area contributed by atoms with Gasteiger partial charge in [-0.3, -0.25) is 4.79 Å². The van der Waals surface area contributed by atoms with E-state index in [2.05, 4.69) is 0 Å². The second kappa shape index (κ2) is 12.4. The molecule has 43 heavy (non-hydrogen) atoms. The van der Waals surface area contributed by atoms with E-state index in [1.807, 2.05) is 86.1 Å². The number of anilines is 1. The summed E-state index contributed by atoms with van der Waals surface area (Å²) in [6.07, 6.45) is 0.204. The van der Waals surface area contributed by atoms with Crippen LogP contribution in [0, 0.1) is 6.92 Å². The van der Waals surface area contributed by atoms with Crippen LogP contribution in [0.1, 0.15) is 56.4 Å². The number of carbonyl (C=O) groups excluding carboxylic acids is 1. The topological polar surface area (TPSA) is 112 Å². The molecule has 3 aromatic carbocycles. The SMILES string of the molecule is CCCN(C(=O)c1cc(-c2cc3c(cc2C(=O)O)CN(C(=O)O)CC3)n(C)c1C)c1ccc(OCc2ccccc2)cc1. The van der Waals surface area contributed by atoms with Crippen molar-refractivity contribution >= 4 is 23.7 Å². The largest absolute Gasteiger partial charge is 0.489 e. The number of nitrogens with zero attached hydrogens (tertiary/aromatic N) is 3. The summed E-state index contributed by atoms with van der Waals surface area (Å²) in [4.78, 5) is 40.8. The van der Waals surface area contributed by atoms with E-state index in [0.29, 0.717) is 54.3 Å². The Kier molecular flexibility index (Phi) is 8.52. The van der Waals surface area contributed by atoms with E-state index in [1.54, 1.807) is 17.0 Å². The molecule has 1 aliphatic rings. The van der Waals surface area contributed by atoms with Gasteiger partial charge in [-0.25, -0.2) is 9.59 Å². The van der Waals surface area contributed by atoms with Crippen molar-refractivity contribution in [1.82, 2.24) is 9.47 Å². The Morgan fingerprint density at radius 2 is 1.65 bits per heavy atom. The molecule has 0 bridgehead atoms. The third kappa shape index (κ3) is 6.11. The molecule has 4 aromatic rings. The first-order valence-electron chi connectivity index (χ1n) is 14.3. The maximum atomic E-state index is 14.0. The summed E-state index contributed by atoms with van der Waals surface area (Å²) < 4.78 is 7.77. The van der Waals surface area contributed by atoms with Crippen LogP contribution in [-0.4, -0.2) is 50.7 Å². The van der Waals surface area contributed by atoms with Gasteiger partial charge in [0, 0.05) is 49.3 Å². The molecule has 9 heteroatoms. The lowest BCUT2D eigenvalue weighted by molar-refractivity contribution is 0.0697. The van der Waals surface area contributed by atoms with Crippen LogP contribution < -0.4 is 9.64 Å².